The molecule has 1 N–H and O–H groups in total. The number of benzene rings is 2. The van der Waals surface area contributed by atoms with E-state index in [0.29, 0.717) is 21.9 Å². The lowest BCUT2D eigenvalue weighted by atomic mass is 10.1. The van der Waals surface area contributed by atoms with Crippen molar-refractivity contribution in [3.8, 4) is 5.75 Å². The molecule has 1 aliphatic heterocycles. The number of ether oxygens (including phenoxy) is 1. The van der Waals surface area contributed by atoms with Crippen molar-refractivity contribution in [1.82, 2.24) is 5.43 Å². The van der Waals surface area contributed by atoms with Crippen LogP contribution in [0.15, 0.2) is 71.6 Å². The minimum atomic E-state index is -0.562. The second kappa shape index (κ2) is 7.69. The number of nitrogens with zero attached hydrogens (tertiary/aromatic N) is 1. The normalized spacial score (nSPS) is 14.9. The van der Waals surface area contributed by atoms with Gasteiger partial charge in [0.05, 0.1) is 5.69 Å². The fraction of sp³-hybridized carbons (Fsp3) is 0. The molecule has 0 spiro atoms. The summed E-state index contributed by atoms with van der Waals surface area (Å²) in [5.41, 5.74) is 3.33. The topological polar surface area (TPSA) is 75.7 Å². The molecule has 1 saturated heterocycles. The molecule has 29 heavy (non-hydrogen) atoms. The fourth-order valence-electron chi connectivity index (χ4n) is 2.68. The highest BCUT2D eigenvalue weighted by molar-refractivity contribution is 7.12. The van der Waals surface area contributed by atoms with Crippen LogP contribution in [0.3, 0.4) is 0 Å². The molecule has 8 heteroatoms. The average Bonchev–Trinajstić information content (AvgIpc) is 3.35. The maximum atomic E-state index is 13.1. The average molecular weight is 408 g/mol. The van der Waals surface area contributed by atoms with E-state index in [4.69, 9.17) is 4.74 Å². The molecule has 2 aromatic carbocycles. The molecule has 3 aromatic rings. The number of nitrogens with one attached hydrogen (secondary N) is 1. The molecule has 0 aliphatic carbocycles. The van der Waals surface area contributed by atoms with E-state index in [2.05, 4.69) is 5.43 Å². The first kappa shape index (κ1) is 18.6. The summed E-state index contributed by atoms with van der Waals surface area (Å²) in [5.74, 6) is -1.66. The zero-order valence-corrected chi connectivity index (χ0v) is 15.6. The summed E-state index contributed by atoms with van der Waals surface area (Å²) in [7, 11) is 0. The number of hydrogen-bond donors (Lipinski definition) is 1. The molecule has 0 unspecified atom stereocenters. The number of carbonyl (C=O) groups is 3. The molecule has 0 bridgehead atoms. The van der Waals surface area contributed by atoms with Crippen molar-refractivity contribution in [2.75, 3.05) is 5.01 Å². The van der Waals surface area contributed by atoms with Crippen LogP contribution in [0.4, 0.5) is 10.1 Å². The van der Waals surface area contributed by atoms with Gasteiger partial charge in [-0.25, -0.2) is 14.2 Å². The predicted octanol–water partition coefficient (Wildman–Crippen LogP) is 3.57. The van der Waals surface area contributed by atoms with Crippen molar-refractivity contribution in [1.29, 1.82) is 0 Å². The molecular weight excluding hydrogens is 395 g/mol. The van der Waals surface area contributed by atoms with Gasteiger partial charge in [0.25, 0.3) is 11.8 Å². The van der Waals surface area contributed by atoms with Crippen LogP contribution in [0.5, 0.6) is 5.75 Å². The molecule has 1 aliphatic rings. The smallest absolute Gasteiger partial charge is 0.353 e. The summed E-state index contributed by atoms with van der Waals surface area (Å²) in [6, 6.07) is 15.0. The monoisotopic (exact) mass is 408 g/mol. The van der Waals surface area contributed by atoms with E-state index in [9.17, 15) is 18.8 Å². The SMILES string of the molecule is O=C1NN(c2ccc(F)cc2)C(=O)C1=Cc1ccc(OC(=O)c2cccs2)cc1. The number of amides is 2. The Labute approximate surface area is 168 Å². The first-order valence-corrected chi connectivity index (χ1v) is 9.38. The van der Waals surface area contributed by atoms with Crippen LogP contribution in [0.25, 0.3) is 6.08 Å². The van der Waals surface area contributed by atoms with Gasteiger partial charge in [-0.15, -0.1) is 11.3 Å². The zero-order valence-electron chi connectivity index (χ0n) is 14.8. The molecule has 0 atom stereocenters. The number of rotatable bonds is 4. The van der Waals surface area contributed by atoms with Gasteiger partial charge < -0.3 is 4.74 Å². The second-order valence-corrected chi connectivity index (χ2v) is 7.00. The van der Waals surface area contributed by atoms with Crippen molar-refractivity contribution in [3.05, 3.63) is 87.9 Å². The Bertz CT molecular complexity index is 1110. The van der Waals surface area contributed by atoms with E-state index in [1.165, 1.54) is 41.7 Å². The third-order valence-corrected chi connectivity index (χ3v) is 4.95. The number of halogens is 1. The van der Waals surface area contributed by atoms with Crippen LogP contribution >= 0.6 is 11.3 Å². The van der Waals surface area contributed by atoms with Crippen LogP contribution in [0.2, 0.25) is 0 Å². The highest BCUT2D eigenvalue weighted by Gasteiger charge is 2.34. The van der Waals surface area contributed by atoms with Gasteiger partial charge in [-0.05, 0) is 59.5 Å². The van der Waals surface area contributed by atoms with Crippen LogP contribution < -0.4 is 15.2 Å². The number of thiophene rings is 1. The summed E-state index contributed by atoms with van der Waals surface area (Å²) in [6.45, 7) is 0. The van der Waals surface area contributed by atoms with Crippen molar-refractivity contribution in [2.45, 2.75) is 0 Å². The van der Waals surface area contributed by atoms with Gasteiger partial charge in [0.2, 0.25) is 0 Å². The van der Waals surface area contributed by atoms with Crippen molar-refractivity contribution < 1.29 is 23.5 Å². The van der Waals surface area contributed by atoms with Crippen molar-refractivity contribution in [3.63, 3.8) is 0 Å². The number of hydrogen-bond acceptors (Lipinski definition) is 5. The molecule has 4 rings (SSSR count). The van der Waals surface area contributed by atoms with Crippen LogP contribution in [-0.4, -0.2) is 17.8 Å². The molecule has 2 heterocycles. The third-order valence-electron chi connectivity index (χ3n) is 4.10. The molecule has 2 amide bonds. The van der Waals surface area contributed by atoms with E-state index in [1.54, 1.807) is 41.8 Å². The summed E-state index contributed by atoms with van der Waals surface area (Å²) >= 11 is 1.28. The minimum Gasteiger partial charge on any atom is -0.422 e. The summed E-state index contributed by atoms with van der Waals surface area (Å²) in [5, 5.41) is 2.84. The number of anilines is 1. The van der Waals surface area contributed by atoms with E-state index >= 15 is 0 Å². The minimum absolute atomic E-state index is 0.0577. The summed E-state index contributed by atoms with van der Waals surface area (Å²) in [6.07, 6.45) is 1.44. The largest absolute Gasteiger partial charge is 0.422 e. The van der Waals surface area contributed by atoms with Gasteiger partial charge in [-0.1, -0.05) is 18.2 Å². The van der Waals surface area contributed by atoms with Gasteiger partial charge in [-0.2, -0.15) is 0 Å². The molecule has 6 nitrogen and oxygen atoms in total. The van der Waals surface area contributed by atoms with Crippen molar-refractivity contribution >= 4 is 40.9 Å². The van der Waals surface area contributed by atoms with E-state index < -0.39 is 23.6 Å². The van der Waals surface area contributed by atoms with Crippen LogP contribution in [0, 0.1) is 5.82 Å². The third kappa shape index (κ3) is 3.92. The Morgan fingerprint density at radius 3 is 2.41 bits per heavy atom. The molecule has 1 fully saturated rings. The first-order chi connectivity index (χ1) is 14.0. The Morgan fingerprint density at radius 2 is 1.76 bits per heavy atom. The summed E-state index contributed by atoms with van der Waals surface area (Å²) in [4.78, 5) is 37.2. The lowest BCUT2D eigenvalue weighted by Crippen LogP contribution is -2.35. The van der Waals surface area contributed by atoms with Crippen LogP contribution in [0.1, 0.15) is 15.2 Å². The lowest BCUT2D eigenvalue weighted by Gasteiger charge is -2.14. The molecular formula is C21H13FN2O4S. The van der Waals surface area contributed by atoms with Gasteiger partial charge in [-0.3, -0.25) is 15.0 Å². The first-order valence-electron chi connectivity index (χ1n) is 8.50. The maximum Gasteiger partial charge on any atom is 0.353 e. The zero-order chi connectivity index (χ0) is 20.4. The summed E-state index contributed by atoms with van der Waals surface area (Å²) < 4.78 is 18.3. The highest BCUT2D eigenvalue weighted by atomic mass is 32.1. The standard InChI is InChI=1S/C21H13FN2O4S/c22-14-5-7-15(8-6-14)24-20(26)17(19(25)23-24)12-13-3-9-16(10-4-13)28-21(27)18-2-1-11-29-18/h1-12H,(H,23,25). The number of hydrazine groups is 1. The molecule has 1 aromatic heterocycles. The molecule has 0 radical (unpaired) electrons. The Balaban J connectivity index is 1.50. The predicted molar refractivity (Wildman–Crippen MR) is 106 cm³/mol. The van der Waals surface area contributed by atoms with Gasteiger partial charge in [0, 0.05) is 0 Å². The quantitative estimate of drug-likeness (QED) is 0.310. The van der Waals surface area contributed by atoms with E-state index in [-0.39, 0.29) is 5.57 Å². The van der Waals surface area contributed by atoms with Gasteiger partial charge in [0.15, 0.2) is 0 Å². The Hall–Kier alpha value is -3.78. The van der Waals surface area contributed by atoms with Crippen LogP contribution in [-0.2, 0) is 9.59 Å². The highest BCUT2D eigenvalue weighted by Crippen LogP contribution is 2.23. The van der Waals surface area contributed by atoms with Gasteiger partial charge in [0.1, 0.15) is 22.0 Å². The lowest BCUT2D eigenvalue weighted by molar-refractivity contribution is -0.117. The second-order valence-electron chi connectivity index (χ2n) is 6.05. The van der Waals surface area contributed by atoms with E-state index in [0.717, 1.165) is 5.01 Å². The Morgan fingerprint density at radius 1 is 1.03 bits per heavy atom. The fourth-order valence-corrected chi connectivity index (χ4v) is 3.28. The molecule has 0 saturated carbocycles. The number of carbonyl (C=O) groups excluding carboxylic acids is 3. The molecule has 144 valence electrons. The van der Waals surface area contributed by atoms with Gasteiger partial charge >= 0.3 is 5.97 Å². The Kier molecular flexibility index (Phi) is 4.92. The number of esters is 1. The van der Waals surface area contributed by atoms with E-state index in [1.807, 2.05) is 0 Å². The van der Waals surface area contributed by atoms with Crippen molar-refractivity contribution in [2.24, 2.45) is 0 Å². The maximum absolute atomic E-state index is 13.1.